The minimum atomic E-state index is -0.101. The molecule has 1 aliphatic rings. The fraction of sp³-hybridized carbons (Fsp3) is 0.421. The standard InChI is InChI=1S/C19H27N3O2/c1-3-9-22(10-4-2)19(23)20-15-17-7-5-6-8-18(17)16-21-11-13-24-14-12-21/h3-8H,1-2,9-16H2,(H,20,23). The Morgan fingerprint density at radius 2 is 1.79 bits per heavy atom. The molecule has 130 valence electrons. The fourth-order valence-corrected chi connectivity index (χ4v) is 2.72. The second-order valence-corrected chi connectivity index (χ2v) is 5.80. The topological polar surface area (TPSA) is 44.8 Å². The van der Waals surface area contributed by atoms with Crippen molar-refractivity contribution in [3.63, 3.8) is 0 Å². The van der Waals surface area contributed by atoms with Gasteiger partial charge < -0.3 is 15.0 Å². The van der Waals surface area contributed by atoms with Crippen LogP contribution in [0.2, 0.25) is 0 Å². The highest BCUT2D eigenvalue weighted by Crippen LogP contribution is 2.13. The Balaban J connectivity index is 1.95. The van der Waals surface area contributed by atoms with Crippen LogP contribution in [0.15, 0.2) is 49.6 Å². The summed E-state index contributed by atoms with van der Waals surface area (Å²) in [4.78, 5) is 16.3. The maximum Gasteiger partial charge on any atom is 0.318 e. The van der Waals surface area contributed by atoms with Gasteiger partial charge in [-0.1, -0.05) is 36.4 Å². The third-order valence-electron chi connectivity index (χ3n) is 4.03. The molecule has 1 heterocycles. The van der Waals surface area contributed by atoms with Gasteiger partial charge in [0.15, 0.2) is 0 Å². The number of morpholine rings is 1. The maximum absolute atomic E-state index is 12.3. The van der Waals surface area contributed by atoms with Gasteiger partial charge in [0.2, 0.25) is 0 Å². The normalized spacial score (nSPS) is 14.8. The van der Waals surface area contributed by atoms with Crippen molar-refractivity contribution in [2.45, 2.75) is 13.1 Å². The highest BCUT2D eigenvalue weighted by atomic mass is 16.5. The molecule has 1 N–H and O–H groups in total. The molecule has 0 atom stereocenters. The van der Waals surface area contributed by atoms with Gasteiger partial charge in [-0.05, 0) is 11.1 Å². The molecule has 1 aliphatic heterocycles. The van der Waals surface area contributed by atoms with Gasteiger partial charge in [0.1, 0.15) is 0 Å². The first kappa shape index (κ1) is 18.2. The van der Waals surface area contributed by atoms with Crippen LogP contribution in [0, 0.1) is 0 Å². The van der Waals surface area contributed by atoms with Crippen molar-refractivity contribution in [2.75, 3.05) is 39.4 Å². The van der Waals surface area contributed by atoms with Gasteiger partial charge in [0.25, 0.3) is 0 Å². The number of carbonyl (C=O) groups excluding carboxylic acids is 1. The largest absolute Gasteiger partial charge is 0.379 e. The number of nitrogens with zero attached hydrogens (tertiary/aromatic N) is 2. The van der Waals surface area contributed by atoms with Gasteiger partial charge in [-0.15, -0.1) is 13.2 Å². The minimum absolute atomic E-state index is 0.101. The number of hydrogen-bond donors (Lipinski definition) is 1. The first-order valence-corrected chi connectivity index (χ1v) is 8.36. The van der Waals surface area contributed by atoms with Gasteiger partial charge in [-0.25, -0.2) is 4.79 Å². The summed E-state index contributed by atoms with van der Waals surface area (Å²) >= 11 is 0. The van der Waals surface area contributed by atoms with E-state index in [4.69, 9.17) is 4.74 Å². The molecule has 24 heavy (non-hydrogen) atoms. The van der Waals surface area contributed by atoms with Gasteiger partial charge in [0, 0.05) is 39.3 Å². The number of carbonyl (C=O) groups is 1. The summed E-state index contributed by atoms with van der Waals surface area (Å²) in [6, 6.07) is 8.15. The number of rotatable bonds is 8. The molecule has 0 spiro atoms. The third-order valence-corrected chi connectivity index (χ3v) is 4.03. The zero-order valence-electron chi connectivity index (χ0n) is 14.2. The van der Waals surface area contributed by atoms with Crippen LogP contribution in [-0.4, -0.2) is 55.2 Å². The molecule has 0 bridgehead atoms. The Morgan fingerprint density at radius 1 is 1.17 bits per heavy atom. The lowest BCUT2D eigenvalue weighted by Crippen LogP contribution is -2.40. The zero-order valence-corrected chi connectivity index (χ0v) is 14.2. The molecule has 5 nitrogen and oxygen atoms in total. The Labute approximate surface area is 144 Å². The molecular weight excluding hydrogens is 302 g/mol. The van der Waals surface area contributed by atoms with E-state index >= 15 is 0 Å². The number of amides is 2. The third kappa shape index (κ3) is 5.51. The predicted molar refractivity (Wildman–Crippen MR) is 96.7 cm³/mol. The molecule has 0 aliphatic carbocycles. The first-order chi connectivity index (χ1) is 11.7. The molecule has 2 rings (SSSR count). The second-order valence-electron chi connectivity index (χ2n) is 5.80. The lowest BCUT2D eigenvalue weighted by atomic mass is 10.1. The zero-order chi connectivity index (χ0) is 17.2. The number of nitrogens with one attached hydrogen (secondary N) is 1. The molecule has 1 saturated heterocycles. The van der Waals surface area contributed by atoms with Crippen molar-refractivity contribution in [3.8, 4) is 0 Å². The Morgan fingerprint density at radius 3 is 2.42 bits per heavy atom. The molecule has 0 saturated carbocycles. The number of ether oxygens (including phenoxy) is 1. The van der Waals surface area contributed by atoms with Crippen LogP contribution in [0.4, 0.5) is 4.79 Å². The number of hydrogen-bond acceptors (Lipinski definition) is 3. The van der Waals surface area contributed by atoms with Crippen molar-refractivity contribution < 1.29 is 9.53 Å². The molecule has 2 amide bonds. The smallest absolute Gasteiger partial charge is 0.318 e. The molecule has 1 fully saturated rings. The van der Waals surface area contributed by atoms with Gasteiger partial charge in [0.05, 0.1) is 13.2 Å². The van der Waals surface area contributed by atoms with E-state index in [0.717, 1.165) is 38.4 Å². The lowest BCUT2D eigenvalue weighted by molar-refractivity contribution is 0.0341. The summed E-state index contributed by atoms with van der Waals surface area (Å²) in [5.41, 5.74) is 2.40. The van der Waals surface area contributed by atoms with Crippen molar-refractivity contribution in [1.82, 2.24) is 15.1 Å². The van der Waals surface area contributed by atoms with Crippen LogP contribution in [0.5, 0.6) is 0 Å². The summed E-state index contributed by atoms with van der Waals surface area (Å²) in [5, 5.41) is 2.99. The van der Waals surface area contributed by atoms with E-state index in [0.29, 0.717) is 19.6 Å². The summed E-state index contributed by atoms with van der Waals surface area (Å²) in [7, 11) is 0. The van der Waals surface area contributed by atoms with Crippen molar-refractivity contribution in [2.24, 2.45) is 0 Å². The average Bonchev–Trinajstić information content (AvgIpc) is 2.61. The predicted octanol–water partition coefficient (Wildman–Crippen LogP) is 2.40. The molecule has 1 aromatic carbocycles. The average molecular weight is 329 g/mol. The first-order valence-electron chi connectivity index (χ1n) is 8.36. The quantitative estimate of drug-likeness (QED) is 0.745. The van der Waals surface area contributed by atoms with Crippen molar-refractivity contribution >= 4 is 6.03 Å². The molecular formula is C19H27N3O2. The minimum Gasteiger partial charge on any atom is -0.379 e. The van der Waals surface area contributed by atoms with E-state index in [1.165, 1.54) is 5.56 Å². The van der Waals surface area contributed by atoms with E-state index < -0.39 is 0 Å². The molecule has 0 radical (unpaired) electrons. The van der Waals surface area contributed by atoms with Crippen LogP contribution in [0.1, 0.15) is 11.1 Å². The number of urea groups is 1. The van der Waals surface area contributed by atoms with Gasteiger partial charge >= 0.3 is 6.03 Å². The summed E-state index contributed by atoms with van der Waals surface area (Å²) in [5.74, 6) is 0. The second kappa shape index (κ2) is 9.90. The Hall–Kier alpha value is -2.11. The summed E-state index contributed by atoms with van der Waals surface area (Å²) < 4.78 is 5.40. The van der Waals surface area contributed by atoms with E-state index in [1.807, 2.05) is 12.1 Å². The summed E-state index contributed by atoms with van der Waals surface area (Å²) in [6.07, 6.45) is 3.44. The molecule has 0 aromatic heterocycles. The van der Waals surface area contributed by atoms with Gasteiger partial charge in [-0.2, -0.15) is 0 Å². The monoisotopic (exact) mass is 329 g/mol. The SMILES string of the molecule is C=CCN(CC=C)C(=O)NCc1ccccc1CN1CCOCC1. The fourth-order valence-electron chi connectivity index (χ4n) is 2.72. The Kier molecular flexibility index (Phi) is 7.52. The van der Waals surface area contributed by atoms with Crippen LogP contribution in [-0.2, 0) is 17.8 Å². The van der Waals surface area contributed by atoms with Crippen molar-refractivity contribution in [3.05, 3.63) is 60.7 Å². The molecule has 0 unspecified atom stereocenters. The molecule has 1 aromatic rings. The van der Waals surface area contributed by atoms with E-state index in [2.05, 4.69) is 35.5 Å². The Bertz CT molecular complexity index is 543. The van der Waals surface area contributed by atoms with Crippen LogP contribution < -0.4 is 5.32 Å². The van der Waals surface area contributed by atoms with E-state index in [-0.39, 0.29) is 6.03 Å². The van der Waals surface area contributed by atoms with Crippen molar-refractivity contribution in [1.29, 1.82) is 0 Å². The van der Waals surface area contributed by atoms with Gasteiger partial charge in [-0.3, -0.25) is 4.90 Å². The number of benzene rings is 1. The van der Waals surface area contributed by atoms with Crippen LogP contribution >= 0.6 is 0 Å². The lowest BCUT2D eigenvalue weighted by Gasteiger charge is -2.27. The highest BCUT2D eigenvalue weighted by Gasteiger charge is 2.14. The van der Waals surface area contributed by atoms with Crippen LogP contribution in [0.25, 0.3) is 0 Å². The summed E-state index contributed by atoms with van der Waals surface area (Å²) in [6.45, 7) is 13.3. The molecule has 5 heteroatoms. The van der Waals surface area contributed by atoms with E-state index in [9.17, 15) is 4.79 Å². The van der Waals surface area contributed by atoms with E-state index in [1.54, 1.807) is 17.1 Å². The van der Waals surface area contributed by atoms with Crippen LogP contribution in [0.3, 0.4) is 0 Å². The maximum atomic E-state index is 12.3. The highest BCUT2D eigenvalue weighted by molar-refractivity contribution is 5.74.